The number of amides is 1. The molecular weight excluding hydrogens is 501 g/mol. The zero-order valence-electron chi connectivity index (χ0n) is 20.1. The highest BCUT2D eigenvalue weighted by Crippen LogP contribution is 2.35. The van der Waals surface area contributed by atoms with Gasteiger partial charge in [-0.1, -0.05) is 53.5 Å². The third kappa shape index (κ3) is 5.93. The van der Waals surface area contributed by atoms with Gasteiger partial charge in [0.15, 0.2) is 5.75 Å². The molecule has 1 saturated heterocycles. The van der Waals surface area contributed by atoms with Crippen molar-refractivity contribution in [2.75, 3.05) is 50.6 Å². The lowest BCUT2D eigenvalue weighted by atomic mass is 10.1. The second-order valence-electron chi connectivity index (χ2n) is 8.40. The third-order valence-electron chi connectivity index (χ3n) is 6.09. The molecule has 0 aromatic heterocycles. The van der Waals surface area contributed by atoms with Crippen LogP contribution in [-0.2, 0) is 11.3 Å². The lowest BCUT2D eigenvalue weighted by molar-refractivity contribution is 0.0600. The van der Waals surface area contributed by atoms with E-state index in [9.17, 15) is 9.59 Å². The minimum atomic E-state index is -0.486. The van der Waals surface area contributed by atoms with E-state index < -0.39 is 11.9 Å². The van der Waals surface area contributed by atoms with Crippen LogP contribution in [0.3, 0.4) is 0 Å². The first-order valence-corrected chi connectivity index (χ1v) is 12.2. The fourth-order valence-corrected chi connectivity index (χ4v) is 4.87. The summed E-state index contributed by atoms with van der Waals surface area (Å²) < 4.78 is 10.0. The molecule has 0 atom stereocenters. The molecule has 3 aromatic carbocycles. The number of ether oxygens (including phenoxy) is 2. The van der Waals surface area contributed by atoms with Gasteiger partial charge in [-0.05, 0) is 35.9 Å². The van der Waals surface area contributed by atoms with Gasteiger partial charge in [-0.25, -0.2) is 4.79 Å². The summed E-state index contributed by atoms with van der Waals surface area (Å²) in [5.41, 5.74) is 3.21. The van der Waals surface area contributed by atoms with Crippen LogP contribution in [0.2, 0.25) is 10.0 Å². The van der Waals surface area contributed by atoms with Gasteiger partial charge in [0.1, 0.15) is 0 Å². The topological polar surface area (TPSA) is 71.1 Å². The van der Waals surface area contributed by atoms with Crippen molar-refractivity contribution in [3.63, 3.8) is 0 Å². The van der Waals surface area contributed by atoms with Gasteiger partial charge in [0.25, 0.3) is 5.91 Å². The number of piperazine rings is 1. The van der Waals surface area contributed by atoms with Gasteiger partial charge in [0, 0.05) is 38.3 Å². The molecule has 3 aromatic rings. The van der Waals surface area contributed by atoms with Crippen molar-refractivity contribution in [3.8, 4) is 5.75 Å². The Kier molecular flexibility index (Phi) is 8.36. The van der Waals surface area contributed by atoms with Crippen molar-refractivity contribution in [1.29, 1.82) is 0 Å². The van der Waals surface area contributed by atoms with Crippen molar-refractivity contribution < 1.29 is 19.1 Å². The largest absolute Gasteiger partial charge is 0.494 e. The maximum absolute atomic E-state index is 13.1. The predicted octanol–water partition coefficient (Wildman–Crippen LogP) is 5.36. The van der Waals surface area contributed by atoms with Gasteiger partial charge in [0.2, 0.25) is 0 Å². The van der Waals surface area contributed by atoms with Crippen LogP contribution in [0.25, 0.3) is 0 Å². The number of hydrogen-bond acceptors (Lipinski definition) is 6. The molecular formula is C27H27Cl2N3O4. The van der Waals surface area contributed by atoms with E-state index in [0.717, 1.165) is 38.4 Å². The average molecular weight is 528 g/mol. The van der Waals surface area contributed by atoms with Crippen LogP contribution in [0.15, 0.2) is 60.7 Å². The van der Waals surface area contributed by atoms with Gasteiger partial charge >= 0.3 is 5.97 Å². The lowest BCUT2D eigenvalue weighted by Crippen LogP contribution is -2.46. The monoisotopic (exact) mass is 527 g/mol. The van der Waals surface area contributed by atoms with Crippen molar-refractivity contribution >= 4 is 46.5 Å². The minimum absolute atomic E-state index is 0.230. The smallest absolute Gasteiger partial charge is 0.337 e. The molecule has 1 N–H and O–H groups in total. The first-order chi connectivity index (χ1) is 17.4. The van der Waals surface area contributed by atoms with Crippen LogP contribution in [0.5, 0.6) is 5.75 Å². The normalized spacial score (nSPS) is 13.8. The van der Waals surface area contributed by atoms with E-state index in [1.165, 1.54) is 31.9 Å². The van der Waals surface area contributed by atoms with Crippen LogP contribution in [-0.4, -0.2) is 57.2 Å². The number of nitrogens with zero attached hydrogens (tertiary/aromatic N) is 2. The van der Waals surface area contributed by atoms with Crippen molar-refractivity contribution in [1.82, 2.24) is 4.90 Å². The molecule has 0 unspecified atom stereocenters. The Morgan fingerprint density at radius 1 is 0.889 bits per heavy atom. The van der Waals surface area contributed by atoms with E-state index in [-0.39, 0.29) is 15.6 Å². The number of esters is 1. The highest BCUT2D eigenvalue weighted by atomic mass is 35.5. The number of nitrogens with one attached hydrogen (secondary N) is 1. The van der Waals surface area contributed by atoms with Gasteiger partial charge in [-0.15, -0.1) is 0 Å². The molecule has 0 spiro atoms. The van der Waals surface area contributed by atoms with E-state index in [1.54, 1.807) is 12.1 Å². The summed E-state index contributed by atoms with van der Waals surface area (Å²) in [6.45, 7) is 4.16. The Morgan fingerprint density at radius 3 is 2.17 bits per heavy atom. The number of carbonyl (C=O) groups is 2. The molecule has 7 nitrogen and oxygen atoms in total. The number of halogens is 2. The number of benzene rings is 3. The van der Waals surface area contributed by atoms with Crippen LogP contribution in [0.1, 0.15) is 26.3 Å². The lowest BCUT2D eigenvalue weighted by Gasteiger charge is -2.37. The zero-order chi connectivity index (χ0) is 25.7. The van der Waals surface area contributed by atoms with Crippen LogP contribution < -0.4 is 15.0 Å². The first-order valence-electron chi connectivity index (χ1n) is 11.5. The van der Waals surface area contributed by atoms with E-state index >= 15 is 0 Å². The fraction of sp³-hybridized carbons (Fsp3) is 0.259. The Morgan fingerprint density at radius 2 is 1.56 bits per heavy atom. The third-order valence-corrected chi connectivity index (χ3v) is 6.65. The Balaban J connectivity index is 1.55. The molecule has 1 aliphatic heterocycles. The molecule has 0 aliphatic carbocycles. The highest BCUT2D eigenvalue weighted by molar-refractivity contribution is 6.37. The number of methoxy groups -OCH3 is 2. The summed E-state index contributed by atoms with van der Waals surface area (Å²) in [7, 11) is 2.78. The number of carbonyl (C=O) groups excluding carboxylic acids is 2. The van der Waals surface area contributed by atoms with Gasteiger partial charge in [-0.2, -0.15) is 0 Å². The Labute approximate surface area is 220 Å². The molecule has 188 valence electrons. The molecule has 36 heavy (non-hydrogen) atoms. The summed E-state index contributed by atoms with van der Waals surface area (Å²) >= 11 is 12.5. The summed E-state index contributed by atoms with van der Waals surface area (Å²) in [4.78, 5) is 29.9. The Hall–Kier alpha value is -3.26. The van der Waals surface area contributed by atoms with E-state index in [4.69, 9.17) is 32.7 Å². The van der Waals surface area contributed by atoms with Crippen molar-refractivity contribution in [2.24, 2.45) is 0 Å². The Bertz CT molecular complexity index is 1220. The summed E-state index contributed by atoms with van der Waals surface area (Å²) in [6, 6.07) is 18.5. The number of anilines is 2. The van der Waals surface area contributed by atoms with Crippen LogP contribution >= 0.6 is 23.2 Å². The molecule has 0 radical (unpaired) electrons. The van der Waals surface area contributed by atoms with Gasteiger partial charge in [-0.3, -0.25) is 9.69 Å². The molecule has 1 amide bonds. The van der Waals surface area contributed by atoms with Crippen LogP contribution in [0, 0.1) is 0 Å². The zero-order valence-corrected chi connectivity index (χ0v) is 21.6. The molecule has 9 heteroatoms. The molecule has 1 heterocycles. The summed E-state index contributed by atoms with van der Waals surface area (Å²) in [5, 5.41) is 3.39. The van der Waals surface area contributed by atoms with E-state index in [2.05, 4.69) is 27.2 Å². The molecule has 0 saturated carbocycles. The minimum Gasteiger partial charge on any atom is -0.494 e. The molecule has 1 fully saturated rings. The van der Waals surface area contributed by atoms with E-state index in [1.807, 2.05) is 24.3 Å². The van der Waals surface area contributed by atoms with Crippen LogP contribution in [0.4, 0.5) is 11.4 Å². The molecule has 4 rings (SSSR count). The quantitative estimate of drug-likeness (QED) is 0.417. The van der Waals surface area contributed by atoms with Crippen molar-refractivity contribution in [3.05, 3.63) is 87.4 Å². The number of hydrogen-bond donors (Lipinski definition) is 1. The first kappa shape index (κ1) is 25.8. The predicted molar refractivity (Wildman–Crippen MR) is 143 cm³/mol. The number of rotatable bonds is 7. The summed E-state index contributed by atoms with van der Waals surface area (Å²) in [5.74, 6) is -0.593. The summed E-state index contributed by atoms with van der Waals surface area (Å²) in [6.07, 6.45) is 0. The van der Waals surface area contributed by atoms with E-state index in [0.29, 0.717) is 17.0 Å². The van der Waals surface area contributed by atoms with Gasteiger partial charge < -0.3 is 19.7 Å². The molecule has 0 bridgehead atoms. The SMILES string of the molecule is COC(=O)c1ccc(N2CCN(Cc3ccccc3)CC2)c(NC(=O)c2cc(Cl)c(OC)c(Cl)c2)c1. The maximum atomic E-state index is 13.1. The fourth-order valence-electron chi connectivity index (χ4n) is 4.23. The van der Waals surface area contributed by atoms with Crippen molar-refractivity contribution in [2.45, 2.75) is 6.54 Å². The highest BCUT2D eigenvalue weighted by Gasteiger charge is 2.22. The average Bonchev–Trinajstić information content (AvgIpc) is 2.89. The van der Waals surface area contributed by atoms with Gasteiger partial charge in [0.05, 0.1) is 41.2 Å². The second kappa shape index (κ2) is 11.6. The standard InChI is InChI=1S/C27H27Cl2N3O4/c1-35-25-21(28)14-20(15-22(25)29)26(33)30-23-16-19(27(34)36-2)8-9-24(23)32-12-10-31(11-13-32)17-18-6-4-3-5-7-18/h3-9,14-16H,10-13,17H2,1-2H3,(H,30,33). The second-order valence-corrected chi connectivity index (χ2v) is 9.21. The molecule has 1 aliphatic rings. The maximum Gasteiger partial charge on any atom is 0.337 e.